The molecule has 0 amide bonds. The number of hydrogen-bond donors (Lipinski definition) is 1. The molecule has 0 saturated heterocycles. The average molecular weight is 312 g/mol. The molecule has 0 unspecified atom stereocenters. The Morgan fingerprint density at radius 2 is 1.79 bits per heavy atom. The summed E-state index contributed by atoms with van der Waals surface area (Å²) in [5.41, 5.74) is 3.46. The lowest BCUT2D eigenvalue weighted by Crippen LogP contribution is -1.82. The first kappa shape index (κ1) is 12.8. The highest BCUT2D eigenvalue weighted by molar-refractivity contribution is 6.38. The average Bonchev–Trinajstić information content (AvgIpc) is 2.76. The number of benzene rings is 2. The normalized spacial score (nSPS) is 11.2. The van der Waals surface area contributed by atoms with Gasteiger partial charge in [0.1, 0.15) is 11.3 Å². The number of halogens is 3. The van der Waals surface area contributed by atoms with Crippen molar-refractivity contribution < 1.29 is 0 Å². The number of aromatic amines is 1. The second kappa shape index (κ2) is 4.71. The molecule has 5 heteroatoms. The Kier molecular flexibility index (Phi) is 3.17. The Morgan fingerprint density at radius 3 is 2.53 bits per heavy atom. The number of hydrogen-bond acceptors (Lipinski definition) is 1. The standard InChI is InChI=1S/C14H9Cl3N2/c1-7-2-3-8(4-10(7)16)14-18-12-6-9(15)5-11(17)13(12)19-14/h2-6H,1H3,(H,18,19). The molecule has 96 valence electrons. The van der Waals surface area contributed by atoms with Crippen LogP contribution in [-0.4, -0.2) is 9.97 Å². The zero-order chi connectivity index (χ0) is 13.6. The molecule has 0 radical (unpaired) electrons. The van der Waals surface area contributed by atoms with Gasteiger partial charge in [0.05, 0.1) is 10.5 Å². The van der Waals surface area contributed by atoms with Crippen LogP contribution in [0.25, 0.3) is 22.4 Å². The molecule has 3 aromatic rings. The third-order valence-electron chi connectivity index (χ3n) is 2.95. The number of aromatic nitrogens is 2. The highest BCUT2D eigenvalue weighted by Gasteiger charge is 2.10. The lowest BCUT2D eigenvalue weighted by Gasteiger charge is -2.00. The number of H-pyrrole nitrogens is 1. The van der Waals surface area contributed by atoms with E-state index in [9.17, 15) is 0 Å². The first-order chi connectivity index (χ1) is 9.04. The molecule has 0 saturated carbocycles. The molecule has 3 rings (SSSR count). The van der Waals surface area contributed by atoms with Crippen LogP contribution in [0.5, 0.6) is 0 Å². The van der Waals surface area contributed by atoms with E-state index in [-0.39, 0.29) is 0 Å². The van der Waals surface area contributed by atoms with Crippen LogP contribution in [0, 0.1) is 6.92 Å². The second-order valence-corrected chi connectivity index (χ2v) is 5.58. The summed E-state index contributed by atoms with van der Waals surface area (Å²) >= 11 is 18.2. The third kappa shape index (κ3) is 2.32. The fourth-order valence-electron chi connectivity index (χ4n) is 1.92. The van der Waals surface area contributed by atoms with Crippen molar-refractivity contribution >= 4 is 45.8 Å². The van der Waals surface area contributed by atoms with E-state index < -0.39 is 0 Å². The Bertz CT molecular complexity index is 778. The van der Waals surface area contributed by atoms with Gasteiger partial charge in [0, 0.05) is 15.6 Å². The van der Waals surface area contributed by atoms with Crippen molar-refractivity contribution in [1.82, 2.24) is 9.97 Å². The van der Waals surface area contributed by atoms with E-state index in [1.807, 2.05) is 25.1 Å². The minimum atomic E-state index is 0.531. The fraction of sp³-hybridized carbons (Fsp3) is 0.0714. The lowest BCUT2D eigenvalue weighted by atomic mass is 10.1. The van der Waals surface area contributed by atoms with E-state index in [4.69, 9.17) is 34.8 Å². The summed E-state index contributed by atoms with van der Waals surface area (Å²) in [4.78, 5) is 7.69. The Hall–Kier alpha value is -1.22. The molecule has 0 atom stereocenters. The van der Waals surface area contributed by atoms with Crippen molar-refractivity contribution in [2.24, 2.45) is 0 Å². The quantitative estimate of drug-likeness (QED) is 0.631. The summed E-state index contributed by atoms with van der Waals surface area (Å²) in [6, 6.07) is 9.28. The molecule has 19 heavy (non-hydrogen) atoms. The molecule has 1 heterocycles. The van der Waals surface area contributed by atoms with Gasteiger partial charge < -0.3 is 4.98 Å². The van der Waals surface area contributed by atoms with Gasteiger partial charge in [-0.05, 0) is 30.7 Å². The first-order valence-corrected chi connectivity index (χ1v) is 6.79. The van der Waals surface area contributed by atoms with Gasteiger partial charge >= 0.3 is 0 Å². The molecule has 0 bridgehead atoms. The monoisotopic (exact) mass is 310 g/mol. The van der Waals surface area contributed by atoms with Crippen molar-refractivity contribution in [3.63, 3.8) is 0 Å². The van der Waals surface area contributed by atoms with Gasteiger partial charge in [0.2, 0.25) is 0 Å². The van der Waals surface area contributed by atoms with Crippen LogP contribution in [0.1, 0.15) is 5.56 Å². The predicted molar refractivity (Wildman–Crippen MR) is 81.3 cm³/mol. The van der Waals surface area contributed by atoms with Gasteiger partial charge in [-0.2, -0.15) is 0 Å². The molecule has 0 spiro atoms. The zero-order valence-electron chi connectivity index (χ0n) is 9.97. The highest BCUT2D eigenvalue weighted by atomic mass is 35.5. The van der Waals surface area contributed by atoms with E-state index in [0.29, 0.717) is 20.6 Å². The van der Waals surface area contributed by atoms with E-state index in [1.54, 1.807) is 12.1 Å². The van der Waals surface area contributed by atoms with Crippen LogP contribution in [0.4, 0.5) is 0 Å². The molecule has 1 N–H and O–H groups in total. The van der Waals surface area contributed by atoms with Gasteiger partial charge in [-0.3, -0.25) is 0 Å². The molecule has 2 nitrogen and oxygen atoms in total. The highest BCUT2D eigenvalue weighted by Crippen LogP contribution is 2.30. The minimum absolute atomic E-state index is 0.531. The third-order valence-corrected chi connectivity index (χ3v) is 3.86. The summed E-state index contributed by atoms with van der Waals surface area (Å²) in [6.07, 6.45) is 0. The van der Waals surface area contributed by atoms with E-state index in [2.05, 4.69) is 9.97 Å². The first-order valence-electron chi connectivity index (χ1n) is 5.66. The number of fused-ring (bicyclic) bond motifs is 1. The molecule has 0 aliphatic heterocycles. The van der Waals surface area contributed by atoms with Gasteiger partial charge in [0.15, 0.2) is 0 Å². The number of imidazole rings is 1. The zero-order valence-corrected chi connectivity index (χ0v) is 12.2. The van der Waals surface area contributed by atoms with Crippen molar-refractivity contribution in [2.75, 3.05) is 0 Å². The van der Waals surface area contributed by atoms with Crippen molar-refractivity contribution in [2.45, 2.75) is 6.92 Å². The number of rotatable bonds is 1. The Morgan fingerprint density at radius 1 is 1.00 bits per heavy atom. The maximum atomic E-state index is 6.13. The number of nitrogens with zero attached hydrogens (tertiary/aromatic N) is 1. The summed E-state index contributed by atoms with van der Waals surface area (Å²) in [6.45, 7) is 1.96. The molecular weight excluding hydrogens is 303 g/mol. The van der Waals surface area contributed by atoms with Gasteiger partial charge in [-0.15, -0.1) is 0 Å². The van der Waals surface area contributed by atoms with E-state index in [1.165, 1.54) is 0 Å². The largest absolute Gasteiger partial charge is 0.338 e. The smallest absolute Gasteiger partial charge is 0.138 e. The topological polar surface area (TPSA) is 28.7 Å². The number of nitrogens with one attached hydrogen (secondary N) is 1. The minimum Gasteiger partial charge on any atom is -0.338 e. The summed E-state index contributed by atoms with van der Waals surface area (Å²) < 4.78 is 0. The van der Waals surface area contributed by atoms with Crippen LogP contribution < -0.4 is 0 Å². The second-order valence-electron chi connectivity index (χ2n) is 4.33. The van der Waals surface area contributed by atoms with Gasteiger partial charge in [-0.1, -0.05) is 46.9 Å². The summed E-state index contributed by atoms with van der Waals surface area (Å²) in [5, 5.41) is 1.82. The van der Waals surface area contributed by atoms with Crippen LogP contribution in [-0.2, 0) is 0 Å². The van der Waals surface area contributed by atoms with Crippen LogP contribution >= 0.6 is 34.8 Å². The van der Waals surface area contributed by atoms with Crippen LogP contribution in [0.3, 0.4) is 0 Å². The van der Waals surface area contributed by atoms with Crippen LogP contribution in [0.2, 0.25) is 15.1 Å². The van der Waals surface area contributed by atoms with E-state index in [0.717, 1.165) is 22.5 Å². The Balaban J connectivity index is 2.20. The predicted octanol–water partition coefficient (Wildman–Crippen LogP) is 5.50. The van der Waals surface area contributed by atoms with Gasteiger partial charge in [-0.25, -0.2) is 4.98 Å². The molecule has 2 aromatic carbocycles. The Labute approximate surface area is 125 Å². The van der Waals surface area contributed by atoms with E-state index >= 15 is 0 Å². The molecule has 0 aliphatic rings. The molecule has 0 aliphatic carbocycles. The van der Waals surface area contributed by atoms with Crippen LogP contribution in [0.15, 0.2) is 30.3 Å². The lowest BCUT2D eigenvalue weighted by molar-refractivity contribution is 1.33. The van der Waals surface area contributed by atoms with Gasteiger partial charge in [0.25, 0.3) is 0 Å². The maximum absolute atomic E-state index is 6.13. The summed E-state index contributed by atoms with van der Waals surface area (Å²) in [5.74, 6) is 0.723. The maximum Gasteiger partial charge on any atom is 0.138 e. The van der Waals surface area contributed by atoms with Crippen molar-refractivity contribution in [3.8, 4) is 11.4 Å². The summed E-state index contributed by atoms with van der Waals surface area (Å²) in [7, 11) is 0. The molecule has 1 aromatic heterocycles. The van der Waals surface area contributed by atoms with Crippen molar-refractivity contribution in [1.29, 1.82) is 0 Å². The molecular formula is C14H9Cl3N2. The fourth-order valence-corrected chi connectivity index (χ4v) is 2.64. The number of aryl methyl sites for hydroxylation is 1. The molecule has 0 fully saturated rings. The SMILES string of the molecule is Cc1ccc(-c2nc3c(Cl)cc(Cl)cc3[nH]2)cc1Cl. The van der Waals surface area contributed by atoms with Crippen molar-refractivity contribution in [3.05, 3.63) is 51.0 Å².